The minimum atomic E-state index is -0.729. The van der Waals surface area contributed by atoms with E-state index in [-0.39, 0.29) is 28.7 Å². The predicted molar refractivity (Wildman–Crippen MR) is 110 cm³/mol. The van der Waals surface area contributed by atoms with Crippen molar-refractivity contribution in [1.82, 2.24) is 0 Å². The topological polar surface area (TPSA) is 43.4 Å². The lowest BCUT2D eigenvalue weighted by atomic mass is 9.54. The Morgan fingerprint density at radius 2 is 1.69 bits per heavy atom. The van der Waals surface area contributed by atoms with Gasteiger partial charge >= 0.3 is 0 Å². The van der Waals surface area contributed by atoms with Gasteiger partial charge in [0.2, 0.25) is 0 Å². The fourth-order valence-corrected chi connectivity index (χ4v) is 5.25. The number of fused-ring (bicyclic) bond motifs is 2. The molecule has 0 radical (unpaired) electrons. The van der Waals surface area contributed by atoms with Crippen LogP contribution in [0.5, 0.6) is 11.5 Å². The highest BCUT2D eigenvalue weighted by molar-refractivity contribution is 6.14. The summed E-state index contributed by atoms with van der Waals surface area (Å²) in [5, 5.41) is 0. The highest BCUT2D eigenvalue weighted by atomic mass is 19.1. The first kappa shape index (κ1) is 19.8. The number of rotatable bonds is 4. The molecule has 29 heavy (non-hydrogen) atoms. The lowest BCUT2D eigenvalue weighted by Crippen LogP contribution is -2.52. The van der Waals surface area contributed by atoms with E-state index >= 15 is 0 Å². The normalized spacial score (nSPS) is 27.9. The van der Waals surface area contributed by atoms with Gasteiger partial charge in [0, 0.05) is 11.3 Å². The van der Waals surface area contributed by atoms with Crippen LogP contribution in [0.15, 0.2) is 42.5 Å². The SMILES string of the molecule is CCc1ccc(Oc2ccc(F)cc2)cc1C1C(=O)C2CCC(C)(C1=O)C2(C)C. The van der Waals surface area contributed by atoms with Crippen LogP contribution in [0.25, 0.3) is 0 Å². The van der Waals surface area contributed by atoms with Crippen molar-refractivity contribution < 1.29 is 18.7 Å². The van der Waals surface area contributed by atoms with E-state index in [1.54, 1.807) is 12.1 Å². The van der Waals surface area contributed by atoms with Crippen molar-refractivity contribution in [3.8, 4) is 11.5 Å². The Labute approximate surface area is 171 Å². The Kier molecular flexibility index (Phi) is 4.64. The maximum absolute atomic E-state index is 13.6. The molecule has 0 saturated heterocycles. The van der Waals surface area contributed by atoms with Crippen molar-refractivity contribution in [3.05, 3.63) is 59.4 Å². The second kappa shape index (κ2) is 6.79. The number of ketones is 2. The molecule has 2 aromatic carbocycles. The molecule has 4 heteroatoms. The van der Waals surface area contributed by atoms with Gasteiger partial charge in [0.05, 0.1) is 0 Å². The zero-order chi connectivity index (χ0) is 21.0. The molecule has 3 atom stereocenters. The van der Waals surface area contributed by atoms with E-state index in [2.05, 4.69) is 13.8 Å². The quantitative estimate of drug-likeness (QED) is 0.610. The maximum atomic E-state index is 13.6. The zero-order valence-corrected chi connectivity index (χ0v) is 17.4. The fourth-order valence-electron chi connectivity index (χ4n) is 5.25. The number of aryl methyl sites for hydroxylation is 1. The van der Waals surface area contributed by atoms with Crippen molar-refractivity contribution in [2.24, 2.45) is 16.7 Å². The van der Waals surface area contributed by atoms with Crippen molar-refractivity contribution >= 4 is 11.6 Å². The summed E-state index contributed by atoms with van der Waals surface area (Å²) in [5.41, 5.74) is 0.947. The van der Waals surface area contributed by atoms with Gasteiger partial charge in [-0.15, -0.1) is 0 Å². The van der Waals surface area contributed by atoms with Crippen LogP contribution >= 0.6 is 0 Å². The average molecular weight is 394 g/mol. The number of benzene rings is 2. The first-order valence-electron chi connectivity index (χ1n) is 10.3. The second-order valence-corrected chi connectivity index (χ2v) is 9.11. The first-order valence-corrected chi connectivity index (χ1v) is 10.3. The van der Waals surface area contributed by atoms with Crippen LogP contribution in [0.4, 0.5) is 4.39 Å². The van der Waals surface area contributed by atoms with Crippen LogP contribution in [-0.2, 0) is 16.0 Å². The molecule has 3 unspecified atom stereocenters. The van der Waals surface area contributed by atoms with Crippen LogP contribution in [0.3, 0.4) is 0 Å². The van der Waals surface area contributed by atoms with Crippen LogP contribution in [0.1, 0.15) is 57.6 Å². The van der Waals surface area contributed by atoms with E-state index in [0.717, 1.165) is 30.4 Å². The van der Waals surface area contributed by atoms with Crippen LogP contribution in [0, 0.1) is 22.6 Å². The van der Waals surface area contributed by atoms with Crippen LogP contribution < -0.4 is 4.74 Å². The van der Waals surface area contributed by atoms with Gasteiger partial charge in [0.25, 0.3) is 0 Å². The third-order valence-electron chi connectivity index (χ3n) is 7.52. The molecule has 2 aliphatic carbocycles. The van der Waals surface area contributed by atoms with E-state index in [1.807, 2.05) is 32.0 Å². The van der Waals surface area contributed by atoms with Crippen molar-refractivity contribution in [2.75, 3.05) is 0 Å². The molecule has 0 N–H and O–H groups in total. The Morgan fingerprint density at radius 3 is 2.34 bits per heavy atom. The minimum absolute atomic E-state index is 0.0369. The van der Waals surface area contributed by atoms with Gasteiger partial charge in [0.15, 0.2) is 11.6 Å². The molecule has 2 fully saturated rings. The molecule has 0 heterocycles. The average Bonchev–Trinajstić information content (AvgIpc) is 2.87. The van der Waals surface area contributed by atoms with E-state index in [4.69, 9.17) is 4.74 Å². The molecule has 4 rings (SSSR count). The maximum Gasteiger partial charge on any atom is 0.154 e. The molecule has 0 aromatic heterocycles. The number of ether oxygens (including phenoxy) is 1. The molecule has 152 valence electrons. The molecule has 0 spiro atoms. The van der Waals surface area contributed by atoms with Gasteiger partial charge in [-0.3, -0.25) is 9.59 Å². The fraction of sp³-hybridized carbons (Fsp3) is 0.440. The zero-order valence-electron chi connectivity index (χ0n) is 17.4. The number of carbonyl (C=O) groups is 2. The molecular formula is C25H27FO3. The molecular weight excluding hydrogens is 367 g/mol. The molecule has 0 aliphatic heterocycles. The Balaban J connectivity index is 1.75. The number of halogens is 1. The summed E-state index contributed by atoms with van der Waals surface area (Å²) in [7, 11) is 0. The van der Waals surface area contributed by atoms with Gasteiger partial charge < -0.3 is 4.74 Å². The summed E-state index contributed by atoms with van der Waals surface area (Å²) in [6.07, 6.45) is 2.27. The van der Waals surface area contributed by atoms with Crippen LogP contribution in [0.2, 0.25) is 0 Å². The lowest BCUT2D eigenvalue weighted by Gasteiger charge is -2.46. The van der Waals surface area contributed by atoms with E-state index in [1.165, 1.54) is 12.1 Å². The monoisotopic (exact) mass is 394 g/mol. The lowest BCUT2D eigenvalue weighted by molar-refractivity contribution is -0.149. The van der Waals surface area contributed by atoms with Gasteiger partial charge in [0.1, 0.15) is 23.2 Å². The Bertz CT molecular complexity index is 976. The Morgan fingerprint density at radius 1 is 1.03 bits per heavy atom. The molecule has 2 saturated carbocycles. The third kappa shape index (κ3) is 2.92. The van der Waals surface area contributed by atoms with Gasteiger partial charge in [-0.2, -0.15) is 0 Å². The van der Waals surface area contributed by atoms with E-state index in [9.17, 15) is 14.0 Å². The summed E-state index contributed by atoms with van der Waals surface area (Å²) >= 11 is 0. The highest BCUT2D eigenvalue weighted by Crippen LogP contribution is 2.62. The summed E-state index contributed by atoms with van der Waals surface area (Å²) in [5.74, 6) is -0.0146. The van der Waals surface area contributed by atoms with Gasteiger partial charge in [-0.25, -0.2) is 4.39 Å². The molecule has 0 amide bonds. The largest absolute Gasteiger partial charge is 0.457 e. The van der Waals surface area contributed by atoms with Crippen molar-refractivity contribution in [1.29, 1.82) is 0 Å². The minimum Gasteiger partial charge on any atom is -0.457 e. The highest BCUT2D eigenvalue weighted by Gasteiger charge is 2.64. The third-order valence-corrected chi connectivity index (χ3v) is 7.52. The molecule has 3 nitrogen and oxygen atoms in total. The number of hydrogen-bond acceptors (Lipinski definition) is 3. The molecule has 2 aliphatic rings. The van der Waals surface area contributed by atoms with Crippen molar-refractivity contribution in [3.63, 3.8) is 0 Å². The Hall–Kier alpha value is -2.49. The number of Topliss-reactive ketones (excluding diaryl/α,β-unsaturated/α-hetero) is 2. The van der Waals surface area contributed by atoms with Crippen molar-refractivity contribution in [2.45, 2.75) is 52.9 Å². The van der Waals surface area contributed by atoms with Gasteiger partial charge in [-0.05, 0) is 72.2 Å². The van der Waals surface area contributed by atoms with E-state index < -0.39 is 11.3 Å². The number of hydrogen-bond donors (Lipinski definition) is 0. The van der Waals surface area contributed by atoms with Crippen LogP contribution in [-0.4, -0.2) is 11.6 Å². The summed E-state index contributed by atoms with van der Waals surface area (Å²) in [6, 6.07) is 11.4. The summed E-state index contributed by atoms with van der Waals surface area (Å²) < 4.78 is 19.0. The van der Waals surface area contributed by atoms with E-state index in [0.29, 0.717) is 11.5 Å². The summed E-state index contributed by atoms with van der Waals surface area (Å²) in [6.45, 7) is 8.17. The first-order chi connectivity index (χ1) is 13.7. The number of carbonyl (C=O) groups excluding carboxylic acids is 2. The standard InChI is InChI=1S/C25H27FO3/c1-5-15-6-9-18(29-17-10-7-16(26)8-11-17)14-19(15)21-22(27)20-12-13-25(4,23(21)28)24(20,2)3/h6-11,14,20-21H,5,12-13H2,1-4H3. The summed E-state index contributed by atoms with van der Waals surface area (Å²) in [4.78, 5) is 27.0. The smallest absolute Gasteiger partial charge is 0.154 e. The second-order valence-electron chi connectivity index (χ2n) is 9.11. The molecule has 2 aromatic rings. The molecule has 2 bridgehead atoms. The predicted octanol–water partition coefficient (Wildman–Crippen LogP) is 5.86. The van der Waals surface area contributed by atoms with Gasteiger partial charge in [-0.1, -0.05) is 33.8 Å².